The third-order valence-electron chi connectivity index (χ3n) is 3.21. The molecule has 0 saturated carbocycles. The summed E-state index contributed by atoms with van der Waals surface area (Å²) >= 11 is 0. The van der Waals surface area contributed by atoms with Crippen molar-refractivity contribution in [3.63, 3.8) is 0 Å². The zero-order valence-corrected chi connectivity index (χ0v) is 13.0. The van der Waals surface area contributed by atoms with Gasteiger partial charge in [0.1, 0.15) is 10.7 Å². The Balaban J connectivity index is 2.26. The number of sulfone groups is 1. The van der Waals surface area contributed by atoms with Gasteiger partial charge in [-0.1, -0.05) is 0 Å². The Hall–Kier alpha value is -1.03. The molecule has 1 saturated heterocycles. The van der Waals surface area contributed by atoms with Gasteiger partial charge in [-0.2, -0.15) is 0 Å². The molecule has 21 heavy (non-hydrogen) atoms. The van der Waals surface area contributed by atoms with Gasteiger partial charge in [-0.05, 0) is 30.5 Å². The summed E-state index contributed by atoms with van der Waals surface area (Å²) in [4.78, 5) is -0.905. The highest BCUT2D eigenvalue weighted by molar-refractivity contribution is 7.91. The van der Waals surface area contributed by atoms with Crippen molar-refractivity contribution in [1.29, 1.82) is 0 Å². The first-order valence-electron chi connectivity index (χ1n) is 6.27. The lowest BCUT2D eigenvalue weighted by Gasteiger charge is -2.11. The minimum Gasteiger partial charge on any atom is -0.381 e. The number of nitrogens with one attached hydrogen (secondary N) is 1. The summed E-state index contributed by atoms with van der Waals surface area (Å²) in [5.74, 6) is -0.946. The fraction of sp³-hybridized carbons (Fsp3) is 0.500. The summed E-state index contributed by atoms with van der Waals surface area (Å²) < 4.78 is 68.2. The summed E-state index contributed by atoms with van der Waals surface area (Å²) in [7, 11) is -7.72. The van der Waals surface area contributed by atoms with Crippen molar-refractivity contribution in [3.05, 3.63) is 24.0 Å². The number of ether oxygens (including phenoxy) is 1. The molecule has 0 radical (unpaired) electrons. The first-order chi connectivity index (χ1) is 9.70. The summed E-state index contributed by atoms with van der Waals surface area (Å²) in [6.07, 6.45) is 1.66. The van der Waals surface area contributed by atoms with E-state index in [1.165, 1.54) is 0 Å². The van der Waals surface area contributed by atoms with Crippen molar-refractivity contribution in [2.75, 3.05) is 26.0 Å². The summed E-state index contributed by atoms with van der Waals surface area (Å²) in [5, 5.41) is 0. The number of sulfonamides is 1. The zero-order valence-electron chi connectivity index (χ0n) is 11.4. The van der Waals surface area contributed by atoms with Crippen molar-refractivity contribution in [2.24, 2.45) is 5.92 Å². The van der Waals surface area contributed by atoms with Gasteiger partial charge in [0.2, 0.25) is 10.0 Å². The first kappa shape index (κ1) is 16.3. The molecule has 0 bridgehead atoms. The maximum atomic E-state index is 13.7. The molecule has 1 aliphatic heterocycles. The van der Waals surface area contributed by atoms with E-state index in [1.54, 1.807) is 0 Å². The van der Waals surface area contributed by atoms with Gasteiger partial charge in [-0.15, -0.1) is 0 Å². The second kappa shape index (κ2) is 5.99. The van der Waals surface area contributed by atoms with E-state index in [-0.39, 0.29) is 17.4 Å². The predicted octanol–water partition coefficient (Wildman–Crippen LogP) is 0.544. The van der Waals surface area contributed by atoms with Crippen molar-refractivity contribution in [2.45, 2.75) is 16.2 Å². The lowest BCUT2D eigenvalue weighted by Crippen LogP contribution is -2.30. The smallest absolute Gasteiger partial charge is 0.243 e. The summed E-state index contributed by atoms with van der Waals surface area (Å²) in [5.41, 5.74) is 0. The number of hydrogen-bond donors (Lipinski definition) is 1. The van der Waals surface area contributed by atoms with Crippen LogP contribution in [0, 0.1) is 11.7 Å². The maximum Gasteiger partial charge on any atom is 0.243 e. The Bertz CT molecular complexity index is 724. The van der Waals surface area contributed by atoms with Gasteiger partial charge in [0, 0.05) is 19.4 Å². The number of halogens is 1. The third kappa shape index (κ3) is 4.00. The highest BCUT2D eigenvalue weighted by atomic mass is 32.2. The van der Waals surface area contributed by atoms with Gasteiger partial charge in [-0.3, -0.25) is 0 Å². The number of hydrogen-bond acceptors (Lipinski definition) is 5. The fourth-order valence-corrected chi connectivity index (χ4v) is 3.91. The minimum atomic E-state index is -4.11. The Kier molecular flexibility index (Phi) is 4.66. The minimum absolute atomic E-state index is 0.0425. The van der Waals surface area contributed by atoms with E-state index in [4.69, 9.17) is 4.74 Å². The molecule has 1 N–H and O–H groups in total. The molecule has 1 fully saturated rings. The molecule has 0 spiro atoms. The van der Waals surface area contributed by atoms with E-state index in [9.17, 15) is 21.2 Å². The third-order valence-corrected chi connectivity index (χ3v) is 5.76. The monoisotopic (exact) mass is 337 g/mol. The average molecular weight is 337 g/mol. The van der Waals surface area contributed by atoms with Crippen LogP contribution in [0.3, 0.4) is 0 Å². The van der Waals surface area contributed by atoms with Crippen molar-refractivity contribution < 1.29 is 26.0 Å². The van der Waals surface area contributed by atoms with Crippen molar-refractivity contribution in [3.8, 4) is 0 Å². The Labute approximate surface area is 123 Å². The molecule has 0 amide bonds. The SMILES string of the molecule is CS(=O)(=O)c1ccc(F)c(S(=O)(=O)NCC2CCOC2)c1. The highest BCUT2D eigenvalue weighted by Crippen LogP contribution is 2.20. The summed E-state index contributed by atoms with van der Waals surface area (Å²) in [6.45, 7) is 1.16. The number of rotatable bonds is 5. The highest BCUT2D eigenvalue weighted by Gasteiger charge is 2.24. The summed E-state index contributed by atoms with van der Waals surface area (Å²) in [6, 6.07) is 2.70. The molecule has 1 atom stereocenters. The largest absolute Gasteiger partial charge is 0.381 e. The van der Waals surface area contributed by atoms with Crippen molar-refractivity contribution in [1.82, 2.24) is 4.72 Å². The topological polar surface area (TPSA) is 89.5 Å². The molecule has 6 nitrogen and oxygen atoms in total. The van der Waals surface area contributed by atoms with Gasteiger partial charge < -0.3 is 4.74 Å². The van der Waals surface area contributed by atoms with E-state index in [2.05, 4.69) is 4.72 Å². The van der Waals surface area contributed by atoms with E-state index in [1.807, 2.05) is 0 Å². The second-order valence-electron chi connectivity index (χ2n) is 4.95. The Morgan fingerprint density at radius 2 is 2.05 bits per heavy atom. The van der Waals surface area contributed by atoms with Crippen LogP contribution in [-0.4, -0.2) is 42.8 Å². The van der Waals surface area contributed by atoms with E-state index in [0.29, 0.717) is 13.2 Å². The molecule has 1 aromatic rings. The molecular formula is C12H16FNO5S2. The quantitative estimate of drug-likeness (QED) is 0.792. The average Bonchev–Trinajstić information content (AvgIpc) is 2.88. The molecule has 0 aromatic heterocycles. The first-order valence-corrected chi connectivity index (χ1v) is 9.64. The zero-order chi connectivity index (χ0) is 15.7. The van der Waals surface area contributed by atoms with Crippen molar-refractivity contribution >= 4 is 19.9 Å². The van der Waals surface area contributed by atoms with E-state index in [0.717, 1.165) is 30.9 Å². The van der Waals surface area contributed by atoms with Crippen LogP contribution in [0.25, 0.3) is 0 Å². The van der Waals surface area contributed by atoms with Crippen LogP contribution in [0.5, 0.6) is 0 Å². The molecule has 9 heteroatoms. The molecule has 118 valence electrons. The Morgan fingerprint density at radius 1 is 1.33 bits per heavy atom. The van der Waals surface area contributed by atoms with Crippen LogP contribution in [0.4, 0.5) is 4.39 Å². The van der Waals surface area contributed by atoms with Crippen LogP contribution in [0.1, 0.15) is 6.42 Å². The van der Waals surface area contributed by atoms with Crippen LogP contribution >= 0.6 is 0 Å². The van der Waals surface area contributed by atoms with E-state index < -0.39 is 30.6 Å². The molecule has 0 aliphatic carbocycles. The lowest BCUT2D eigenvalue weighted by atomic mass is 10.1. The van der Waals surface area contributed by atoms with Gasteiger partial charge in [-0.25, -0.2) is 25.9 Å². The molecule has 1 heterocycles. The second-order valence-corrected chi connectivity index (χ2v) is 8.70. The molecule has 1 aromatic carbocycles. The van der Waals surface area contributed by atoms with Gasteiger partial charge in [0.05, 0.1) is 11.5 Å². The van der Waals surface area contributed by atoms with Crippen LogP contribution in [0.2, 0.25) is 0 Å². The van der Waals surface area contributed by atoms with Gasteiger partial charge >= 0.3 is 0 Å². The van der Waals surface area contributed by atoms with Crippen LogP contribution < -0.4 is 4.72 Å². The van der Waals surface area contributed by atoms with Crippen LogP contribution in [0.15, 0.2) is 28.0 Å². The standard InChI is InChI=1S/C12H16FNO5S2/c1-20(15,16)10-2-3-11(13)12(6-10)21(17,18)14-7-9-4-5-19-8-9/h2-3,6,9,14H,4-5,7-8H2,1H3. The lowest BCUT2D eigenvalue weighted by molar-refractivity contribution is 0.186. The maximum absolute atomic E-state index is 13.7. The normalized spacial score (nSPS) is 19.8. The van der Waals surface area contributed by atoms with E-state index >= 15 is 0 Å². The molecule has 1 aliphatic rings. The number of benzene rings is 1. The molecular weight excluding hydrogens is 321 g/mol. The van der Waals surface area contributed by atoms with Gasteiger partial charge in [0.25, 0.3) is 0 Å². The molecule has 1 unspecified atom stereocenters. The molecule has 2 rings (SSSR count). The van der Waals surface area contributed by atoms with Gasteiger partial charge in [0.15, 0.2) is 9.84 Å². The van der Waals surface area contributed by atoms with Crippen LogP contribution in [-0.2, 0) is 24.6 Å². The Morgan fingerprint density at radius 3 is 2.62 bits per heavy atom. The predicted molar refractivity (Wildman–Crippen MR) is 73.6 cm³/mol. The fourth-order valence-electron chi connectivity index (χ4n) is 1.97.